The van der Waals surface area contributed by atoms with E-state index in [-0.39, 0.29) is 12.1 Å². The molecule has 1 aromatic carbocycles. The first-order chi connectivity index (χ1) is 9.29. The van der Waals surface area contributed by atoms with Crippen molar-refractivity contribution in [3.8, 4) is 5.75 Å². The van der Waals surface area contributed by atoms with Crippen molar-refractivity contribution in [2.45, 2.75) is 70.4 Å². The van der Waals surface area contributed by atoms with Gasteiger partial charge in [0.2, 0.25) is 0 Å². The van der Waals surface area contributed by atoms with Gasteiger partial charge in [-0.1, -0.05) is 44.7 Å². The van der Waals surface area contributed by atoms with Crippen LogP contribution in [0.4, 0.5) is 0 Å². The van der Waals surface area contributed by atoms with Crippen LogP contribution < -0.4 is 10.5 Å². The van der Waals surface area contributed by atoms with Crippen LogP contribution in [0, 0.1) is 0 Å². The molecule has 2 N–H and O–H groups in total. The van der Waals surface area contributed by atoms with E-state index in [2.05, 4.69) is 31.2 Å². The lowest BCUT2D eigenvalue weighted by molar-refractivity contribution is 0.145. The number of hydrogen-bond acceptors (Lipinski definition) is 2. The molecule has 0 heterocycles. The molecule has 0 spiro atoms. The Morgan fingerprint density at radius 2 is 1.74 bits per heavy atom. The van der Waals surface area contributed by atoms with Crippen molar-refractivity contribution in [2.24, 2.45) is 5.73 Å². The lowest BCUT2D eigenvalue weighted by Gasteiger charge is -2.27. The van der Waals surface area contributed by atoms with E-state index in [1.54, 1.807) is 0 Å². The zero-order valence-electron chi connectivity index (χ0n) is 12.1. The van der Waals surface area contributed by atoms with Crippen molar-refractivity contribution in [3.63, 3.8) is 0 Å². The monoisotopic (exact) mass is 261 g/mol. The van der Waals surface area contributed by atoms with Gasteiger partial charge in [0.25, 0.3) is 0 Å². The zero-order valence-corrected chi connectivity index (χ0v) is 12.1. The number of ether oxygens (including phenoxy) is 1. The van der Waals surface area contributed by atoms with Gasteiger partial charge < -0.3 is 10.5 Å². The average molecular weight is 261 g/mol. The molecule has 2 heteroatoms. The predicted octanol–water partition coefficient (Wildman–Crippen LogP) is 4.07. The first-order valence-electron chi connectivity index (χ1n) is 7.81. The molecule has 1 aliphatic rings. The summed E-state index contributed by atoms with van der Waals surface area (Å²) in [7, 11) is 0. The van der Waals surface area contributed by atoms with Gasteiger partial charge in [-0.15, -0.1) is 0 Å². The molecule has 2 atom stereocenters. The molecule has 1 saturated carbocycles. The molecule has 0 aromatic heterocycles. The van der Waals surface area contributed by atoms with Gasteiger partial charge >= 0.3 is 0 Å². The minimum Gasteiger partial charge on any atom is -0.489 e. The molecular weight excluding hydrogens is 234 g/mol. The third-order valence-electron chi connectivity index (χ3n) is 4.00. The highest BCUT2D eigenvalue weighted by molar-refractivity contribution is 5.27. The highest BCUT2D eigenvalue weighted by Crippen LogP contribution is 2.22. The summed E-state index contributed by atoms with van der Waals surface area (Å²) in [6.07, 6.45) is 9.85. The van der Waals surface area contributed by atoms with E-state index in [0.29, 0.717) is 0 Å². The topological polar surface area (TPSA) is 35.2 Å². The van der Waals surface area contributed by atoms with Gasteiger partial charge in [0.15, 0.2) is 0 Å². The molecule has 0 bridgehead atoms. The number of aryl methyl sites for hydroxylation is 1. The quantitative estimate of drug-likeness (QED) is 0.886. The highest BCUT2D eigenvalue weighted by atomic mass is 16.5. The number of rotatable bonds is 4. The fourth-order valence-electron chi connectivity index (χ4n) is 2.82. The lowest BCUT2D eigenvalue weighted by Crippen LogP contribution is -2.39. The van der Waals surface area contributed by atoms with Crippen molar-refractivity contribution in [2.75, 3.05) is 0 Å². The Morgan fingerprint density at radius 1 is 1.05 bits per heavy atom. The van der Waals surface area contributed by atoms with Crippen molar-refractivity contribution in [3.05, 3.63) is 29.8 Å². The second kappa shape index (κ2) is 7.54. The molecule has 0 aliphatic heterocycles. The van der Waals surface area contributed by atoms with E-state index in [0.717, 1.165) is 25.0 Å². The van der Waals surface area contributed by atoms with E-state index in [9.17, 15) is 0 Å². The standard InChI is InChI=1S/C17H27NO/c1-2-7-14-10-12-15(13-11-14)19-17-9-6-4-3-5-8-16(17)18/h10-13,16-17H,2-9,18H2,1H3. The summed E-state index contributed by atoms with van der Waals surface area (Å²) in [5.74, 6) is 0.973. The molecule has 0 radical (unpaired) electrons. The van der Waals surface area contributed by atoms with E-state index in [1.165, 1.54) is 37.7 Å². The SMILES string of the molecule is CCCc1ccc(OC2CCCCCCC2N)cc1. The lowest BCUT2D eigenvalue weighted by atomic mass is 9.95. The molecule has 2 rings (SSSR count). The Hall–Kier alpha value is -1.02. The van der Waals surface area contributed by atoms with Gasteiger partial charge in [-0.25, -0.2) is 0 Å². The minimum atomic E-state index is 0.190. The Balaban J connectivity index is 1.93. The third-order valence-corrected chi connectivity index (χ3v) is 4.00. The second-order valence-corrected chi connectivity index (χ2v) is 5.71. The van der Waals surface area contributed by atoms with E-state index in [4.69, 9.17) is 10.5 Å². The summed E-state index contributed by atoms with van der Waals surface area (Å²) in [4.78, 5) is 0. The van der Waals surface area contributed by atoms with Crippen molar-refractivity contribution in [1.29, 1.82) is 0 Å². The molecule has 0 saturated heterocycles. The van der Waals surface area contributed by atoms with Crippen LogP contribution >= 0.6 is 0 Å². The maximum Gasteiger partial charge on any atom is 0.119 e. The first kappa shape index (κ1) is 14.4. The maximum absolute atomic E-state index is 6.25. The van der Waals surface area contributed by atoms with Crippen LogP contribution in [-0.2, 0) is 6.42 Å². The van der Waals surface area contributed by atoms with Crippen LogP contribution in [0.5, 0.6) is 5.75 Å². The molecule has 1 fully saturated rings. The van der Waals surface area contributed by atoms with Gasteiger partial charge in [0.1, 0.15) is 11.9 Å². The highest BCUT2D eigenvalue weighted by Gasteiger charge is 2.20. The van der Waals surface area contributed by atoms with Crippen LogP contribution in [0.2, 0.25) is 0 Å². The Labute approximate surface area is 117 Å². The smallest absolute Gasteiger partial charge is 0.119 e. The van der Waals surface area contributed by atoms with Gasteiger partial charge in [-0.3, -0.25) is 0 Å². The first-order valence-corrected chi connectivity index (χ1v) is 7.81. The predicted molar refractivity (Wildman–Crippen MR) is 80.5 cm³/mol. The van der Waals surface area contributed by atoms with Crippen LogP contribution in [-0.4, -0.2) is 12.1 Å². The van der Waals surface area contributed by atoms with E-state index >= 15 is 0 Å². The molecule has 0 amide bonds. The van der Waals surface area contributed by atoms with Crippen molar-refractivity contribution < 1.29 is 4.74 Å². The maximum atomic E-state index is 6.25. The Bertz CT molecular complexity index is 360. The van der Waals surface area contributed by atoms with E-state index in [1.807, 2.05) is 0 Å². The summed E-state index contributed by atoms with van der Waals surface area (Å²) in [5, 5.41) is 0. The van der Waals surface area contributed by atoms with Gasteiger partial charge in [0, 0.05) is 6.04 Å². The molecule has 2 unspecified atom stereocenters. The van der Waals surface area contributed by atoms with Crippen LogP contribution in [0.25, 0.3) is 0 Å². The van der Waals surface area contributed by atoms with Gasteiger partial charge in [0.05, 0.1) is 0 Å². The van der Waals surface area contributed by atoms with Gasteiger partial charge in [-0.05, 0) is 43.4 Å². The van der Waals surface area contributed by atoms with E-state index < -0.39 is 0 Å². The summed E-state index contributed by atoms with van der Waals surface area (Å²) in [6.45, 7) is 2.21. The average Bonchev–Trinajstić information content (AvgIpc) is 2.41. The van der Waals surface area contributed by atoms with Crippen LogP contribution in [0.15, 0.2) is 24.3 Å². The zero-order chi connectivity index (χ0) is 13.5. The molecule has 2 nitrogen and oxygen atoms in total. The Morgan fingerprint density at radius 3 is 2.42 bits per heavy atom. The molecule has 106 valence electrons. The van der Waals surface area contributed by atoms with Crippen LogP contribution in [0.1, 0.15) is 57.4 Å². The molecule has 19 heavy (non-hydrogen) atoms. The van der Waals surface area contributed by atoms with Crippen molar-refractivity contribution in [1.82, 2.24) is 0 Å². The number of benzene rings is 1. The Kier molecular flexibility index (Phi) is 5.71. The number of hydrogen-bond donors (Lipinski definition) is 1. The number of nitrogens with two attached hydrogens (primary N) is 1. The molecule has 1 aromatic rings. The third kappa shape index (κ3) is 4.54. The minimum absolute atomic E-state index is 0.190. The molecule has 1 aliphatic carbocycles. The second-order valence-electron chi connectivity index (χ2n) is 5.71. The summed E-state index contributed by atoms with van der Waals surface area (Å²) in [5.41, 5.74) is 7.63. The fraction of sp³-hybridized carbons (Fsp3) is 0.647. The van der Waals surface area contributed by atoms with Crippen molar-refractivity contribution >= 4 is 0 Å². The fourth-order valence-corrected chi connectivity index (χ4v) is 2.82. The largest absolute Gasteiger partial charge is 0.489 e. The normalized spacial score (nSPS) is 24.5. The summed E-state index contributed by atoms with van der Waals surface area (Å²) in [6, 6.07) is 8.73. The summed E-state index contributed by atoms with van der Waals surface area (Å²) >= 11 is 0. The molecular formula is C17H27NO. The van der Waals surface area contributed by atoms with Crippen LogP contribution in [0.3, 0.4) is 0 Å². The summed E-state index contributed by atoms with van der Waals surface area (Å²) < 4.78 is 6.11. The van der Waals surface area contributed by atoms with Gasteiger partial charge in [-0.2, -0.15) is 0 Å².